The minimum Gasteiger partial charge on any atom is -0.480 e. The summed E-state index contributed by atoms with van der Waals surface area (Å²) in [4.78, 5) is 131. The Bertz CT molecular complexity index is 1740. The molecule has 0 aromatic carbocycles. The van der Waals surface area contributed by atoms with Crippen LogP contribution in [0, 0.1) is 17.8 Å². The molecule has 0 aromatic rings. The minimum atomic E-state index is -1.57. The number of rotatable bonds is 34. The molecule has 0 saturated heterocycles. The Morgan fingerprint density at radius 1 is 0.471 bits per heavy atom. The zero-order valence-corrected chi connectivity index (χ0v) is 42.5. The van der Waals surface area contributed by atoms with Crippen LogP contribution in [0.25, 0.3) is 0 Å². The maximum Gasteiger partial charge on any atom is 0.326 e. The summed E-state index contributed by atoms with van der Waals surface area (Å²) in [7, 11) is 0. The van der Waals surface area contributed by atoms with Gasteiger partial charge in [0.25, 0.3) is 0 Å². The SMILES string of the molecule is CC[C@H](C)[C@H](NC(=O)[C@@H](N)CC(C)C)C(=O)N[C@H](C(=O)N[C@@H](CCCCN)C(=O)N[C@@H](C)C(=O)N[C@H](C(=O)N[C@@H](C)C(=O)N[C@@H](C)C(=O)N[C@@H](CO)C(=O)N[C@@H](CCCCN)C(=O)O)C(C)C)[C@@H](C)O. The summed E-state index contributed by atoms with van der Waals surface area (Å²) in [6.07, 6.45) is 1.22. The van der Waals surface area contributed by atoms with E-state index in [2.05, 4.69) is 47.9 Å². The number of carboxylic acids is 1. The van der Waals surface area contributed by atoms with Gasteiger partial charge in [0, 0.05) is 0 Å². The highest BCUT2D eigenvalue weighted by atomic mass is 16.4. The van der Waals surface area contributed by atoms with E-state index in [0.29, 0.717) is 45.1 Å². The van der Waals surface area contributed by atoms with Crippen molar-refractivity contribution in [1.29, 1.82) is 0 Å². The lowest BCUT2D eigenvalue weighted by Crippen LogP contribution is -2.62. The fraction of sp³-hybridized carbons (Fsp3) is 0.778. The smallest absolute Gasteiger partial charge is 0.326 e. The largest absolute Gasteiger partial charge is 0.480 e. The second-order valence-corrected chi connectivity index (χ2v) is 18.5. The van der Waals surface area contributed by atoms with Gasteiger partial charge in [-0.15, -0.1) is 0 Å². The Morgan fingerprint density at radius 3 is 1.31 bits per heavy atom. The number of nitrogens with two attached hydrogens (primary N) is 3. The number of carbonyl (C=O) groups excluding carboxylic acids is 9. The summed E-state index contributed by atoms with van der Waals surface area (Å²) in [6.45, 7) is 15.4. The monoisotopic (exact) mass is 1000 g/mol. The Labute approximate surface area is 411 Å². The molecule has 0 aliphatic rings. The fourth-order valence-electron chi connectivity index (χ4n) is 6.73. The van der Waals surface area contributed by atoms with E-state index >= 15 is 0 Å². The van der Waals surface area contributed by atoms with E-state index in [1.807, 2.05) is 20.8 Å². The lowest BCUT2D eigenvalue weighted by molar-refractivity contribution is -0.142. The van der Waals surface area contributed by atoms with Crippen molar-refractivity contribution in [3.05, 3.63) is 0 Å². The molecule has 9 amide bonds. The Balaban J connectivity index is 5.84. The van der Waals surface area contributed by atoms with Gasteiger partial charge in [-0.25, -0.2) is 4.79 Å². The molecule has 0 rings (SSSR count). The van der Waals surface area contributed by atoms with Crippen LogP contribution in [0.15, 0.2) is 0 Å². The van der Waals surface area contributed by atoms with Crippen molar-refractivity contribution in [2.45, 2.75) is 187 Å². The van der Waals surface area contributed by atoms with E-state index in [4.69, 9.17) is 17.2 Å². The summed E-state index contributed by atoms with van der Waals surface area (Å²) >= 11 is 0. The van der Waals surface area contributed by atoms with Crippen LogP contribution in [0.5, 0.6) is 0 Å². The third kappa shape index (κ3) is 23.4. The predicted octanol–water partition coefficient (Wildman–Crippen LogP) is -3.80. The summed E-state index contributed by atoms with van der Waals surface area (Å²) in [5, 5.41) is 52.0. The summed E-state index contributed by atoms with van der Waals surface area (Å²) in [6, 6.07) is -12.8. The lowest BCUT2D eigenvalue weighted by atomic mass is 9.96. The van der Waals surface area contributed by atoms with Gasteiger partial charge in [-0.1, -0.05) is 48.0 Å². The van der Waals surface area contributed by atoms with Gasteiger partial charge in [0.05, 0.1) is 18.8 Å². The molecular formula is C45H84N12O13. The number of aliphatic hydroxyl groups excluding tert-OH is 2. The van der Waals surface area contributed by atoms with Crippen molar-refractivity contribution in [2.75, 3.05) is 19.7 Å². The van der Waals surface area contributed by atoms with Crippen molar-refractivity contribution in [3.63, 3.8) is 0 Å². The molecule has 0 fully saturated rings. The fourth-order valence-corrected chi connectivity index (χ4v) is 6.73. The number of carbonyl (C=O) groups is 10. The molecule has 0 heterocycles. The molecule has 0 aliphatic carbocycles. The first-order valence-electron chi connectivity index (χ1n) is 24.1. The van der Waals surface area contributed by atoms with Gasteiger partial charge in [-0.05, 0) is 103 Å². The number of aliphatic hydroxyl groups is 2. The van der Waals surface area contributed by atoms with Crippen LogP contribution in [-0.2, 0) is 47.9 Å². The van der Waals surface area contributed by atoms with Crippen LogP contribution >= 0.6 is 0 Å². The highest BCUT2D eigenvalue weighted by Gasteiger charge is 2.36. The number of carboxylic acid groups (broad SMARTS) is 1. The third-order valence-corrected chi connectivity index (χ3v) is 11.4. The second kappa shape index (κ2) is 33.2. The number of unbranched alkanes of at least 4 members (excludes halogenated alkanes) is 2. The maximum atomic E-state index is 13.7. The standard InChI is InChI=1S/C45H84N12O13/c1-11-24(6)34(56-39(63)29(48)20-22(2)3)43(67)57-35(28(10)59)44(68)52-30(16-12-14-18-46)40(64)50-27(9)38(62)55-33(23(4)5)42(66)51-25(7)36(60)49-26(8)37(61)54-32(21-58)41(65)53-31(45(69)70)17-13-15-19-47/h22-35,58-59H,11-21,46-48H2,1-10H3,(H,49,60)(H,50,64)(H,51,66)(H,52,68)(H,53,65)(H,54,61)(H,55,62)(H,56,63)(H,57,67)(H,69,70)/t24-,25-,26-,27-,28+,29-,30-,31-,32-,33-,34-,35-/m0/s1. The van der Waals surface area contributed by atoms with Gasteiger partial charge in [-0.2, -0.15) is 0 Å². The van der Waals surface area contributed by atoms with Crippen LogP contribution in [0.2, 0.25) is 0 Å². The molecule has 0 saturated carbocycles. The van der Waals surface area contributed by atoms with E-state index < -0.39 is 144 Å². The molecule has 0 aliphatic heterocycles. The van der Waals surface area contributed by atoms with Crippen molar-refractivity contribution < 1.29 is 63.3 Å². The van der Waals surface area contributed by atoms with Gasteiger partial charge in [0.1, 0.15) is 54.4 Å². The van der Waals surface area contributed by atoms with Gasteiger partial charge in [0.15, 0.2) is 0 Å². The average Bonchev–Trinajstić information content (AvgIpc) is 3.28. The number of nitrogens with one attached hydrogen (secondary N) is 9. The average molecular weight is 1000 g/mol. The van der Waals surface area contributed by atoms with Crippen molar-refractivity contribution >= 4 is 59.1 Å². The van der Waals surface area contributed by atoms with Gasteiger partial charge in [-0.3, -0.25) is 43.2 Å². The zero-order valence-electron chi connectivity index (χ0n) is 42.5. The first kappa shape index (κ1) is 64.5. The molecular weight excluding hydrogens is 917 g/mol. The molecule has 0 radical (unpaired) electrons. The molecule has 0 unspecified atom stereocenters. The number of amides is 9. The van der Waals surface area contributed by atoms with Crippen LogP contribution in [0.4, 0.5) is 0 Å². The molecule has 402 valence electrons. The van der Waals surface area contributed by atoms with Crippen LogP contribution in [0.1, 0.15) is 121 Å². The van der Waals surface area contributed by atoms with Gasteiger partial charge < -0.3 is 80.4 Å². The van der Waals surface area contributed by atoms with Crippen LogP contribution in [-0.4, -0.2) is 161 Å². The Kier molecular flexibility index (Phi) is 30.5. The van der Waals surface area contributed by atoms with E-state index in [9.17, 15) is 63.3 Å². The Hall–Kier alpha value is -5.50. The van der Waals surface area contributed by atoms with Gasteiger partial charge >= 0.3 is 5.97 Å². The predicted molar refractivity (Wildman–Crippen MR) is 258 cm³/mol. The first-order valence-corrected chi connectivity index (χ1v) is 24.1. The topological polar surface area (TPSA) is 418 Å². The molecule has 12 atom stereocenters. The summed E-state index contributed by atoms with van der Waals surface area (Å²) in [5.74, 6) is -9.56. The van der Waals surface area contributed by atoms with E-state index in [1.165, 1.54) is 27.7 Å². The van der Waals surface area contributed by atoms with E-state index in [1.54, 1.807) is 20.8 Å². The van der Waals surface area contributed by atoms with Gasteiger partial charge in [0.2, 0.25) is 53.2 Å². The highest BCUT2D eigenvalue weighted by molar-refractivity contribution is 5.98. The first-order chi connectivity index (χ1) is 32.7. The highest BCUT2D eigenvalue weighted by Crippen LogP contribution is 2.12. The summed E-state index contributed by atoms with van der Waals surface area (Å²) in [5.41, 5.74) is 17.2. The molecule has 0 aromatic heterocycles. The van der Waals surface area contributed by atoms with E-state index in [0.717, 1.165) is 0 Å². The lowest BCUT2D eigenvalue weighted by Gasteiger charge is -2.29. The summed E-state index contributed by atoms with van der Waals surface area (Å²) < 4.78 is 0. The van der Waals surface area contributed by atoms with Crippen LogP contribution < -0.4 is 65.1 Å². The molecule has 0 bridgehead atoms. The Morgan fingerprint density at radius 2 is 0.857 bits per heavy atom. The van der Waals surface area contributed by atoms with Crippen molar-refractivity contribution in [3.8, 4) is 0 Å². The number of aliphatic carboxylic acids is 1. The van der Waals surface area contributed by atoms with Crippen molar-refractivity contribution in [1.82, 2.24) is 47.9 Å². The third-order valence-electron chi connectivity index (χ3n) is 11.4. The second-order valence-electron chi connectivity index (χ2n) is 18.5. The normalized spacial score (nSPS) is 16.5. The quantitative estimate of drug-likeness (QED) is 0.0275. The molecule has 18 N–H and O–H groups in total. The molecule has 0 spiro atoms. The van der Waals surface area contributed by atoms with Crippen molar-refractivity contribution in [2.24, 2.45) is 35.0 Å². The maximum absolute atomic E-state index is 13.7. The number of hydrogen-bond acceptors (Lipinski definition) is 15. The minimum absolute atomic E-state index is 0.0423. The molecule has 70 heavy (non-hydrogen) atoms. The molecule has 25 nitrogen and oxygen atoms in total. The van der Waals surface area contributed by atoms with Crippen LogP contribution in [0.3, 0.4) is 0 Å². The van der Waals surface area contributed by atoms with E-state index in [-0.39, 0.29) is 25.3 Å². The zero-order chi connectivity index (χ0) is 54.0. The number of hydrogen-bond donors (Lipinski definition) is 15. The molecule has 25 heteroatoms.